The maximum absolute atomic E-state index is 13.2. The summed E-state index contributed by atoms with van der Waals surface area (Å²) >= 11 is 11.7. The van der Waals surface area contributed by atoms with Crippen LogP contribution in [0.2, 0.25) is 10.0 Å². The summed E-state index contributed by atoms with van der Waals surface area (Å²) in [4.78, 5) is 32.2. The lowest BCUT2D eigenvalue weighted by Crippen LogP contribution is -2.37. The van der Waals surface area contributed by atoms with Crippen molar-refractivity contribution in [3.05, 3.63) is 64.2 Å². The summed E-state index contributed by atoms with van der Waals surface area (Å²) in [5.41, 5.74) is 0.812. The van der Waals surface area contributed by atoms with Crippen LogP contribution in [0, 0.1) is 5.82 Å². The highest BCUT2D eigenvalue weighted by Gasteiger charge is 2.12. The van der Waals surface area contributed by atoms with Gasteiger partial charge in [-0.25, -0.2) is 9.37 Å². The van der Waals surface area contributed by atoms with E-state index in [1.807, 2.05) is 0 Å². The van der Waals surface area contributed by atoms with Gasteiger partial charge in [-0.2, -0.15) is 0 Å². The molecule has 0 fully saturated rings. The predicted molar refractivity (Wildman–Crippen MR) is 117 cm³/mol. The first kappa shape index (κ1) is 23.6. The Balaban J connectivity index is 1.36. The van der Waals surface area contributed by atoms with Crippen molar-refractivity contribution in [2.24, 2.45) is 0 Å². The van der Waals surface area contributed by atoms with Crippen LogP contribution >= 0.6 is 23.2 Å². The second kappa shape index (κ2) is 11.0. The Kier molecular flexibility index (Phi) is 8.15. The number of benzene rings is 2. The minimum atomic E-state index is -0.880. The van der Waals surface area contributed by atoms with E-state index in [2.05, 4.69) is 20.6 Å². The molecule has 1 aromatic heterocycles. The van der Waals surface area contributed by atoms with Gasteiger partial charge in [-0.05, 0) is 30.7 Å². The number of hydrogen-bond donors (Lipinski definition) is 3. The van der Waals surface area contributed by atoms with E-state index in [9.17, 15) is 19.1 Å². The number of nitrogens with one attached hydrogen (secondary N) is 2. The van der Waals surface area contributed by atoms with Crippen molar-refractivity contribution in [1.29, 1.82) is 0 Å². The van der Waals surface area contributed by atoms with Gasteiger partial charge in [-0.15, -0.1) is 0 Å². The highest BCUT2D eigenvalue weighted by molar-refractivity contribution is 6.42. The molecule has 2 amide bonds. The van der Waals surface area contributed by atoms with Gasteiger partial charge in [0.25, 0.3) is 11.8 Å². The van der Waals surface area contributed by atoms with Crippen molar-refractivity contribution in [3.8, 4) is 5.75 Å². The molecule has 1 heterocycles. The van der Waals surface area contributed by atoms with Gasteiger partial charge in [0.05, 0.1) is 33.4 Å². The van der Waals surface area contributed by atoms with Gasteiger partial charge < -0.3 is 20.5 Å². The van der Waals surface area contributed by atoms with E-state index in [0.717, 1.165) is 0 Å². The van der Waals surface area contributed by atoms with Gasteiger partial charge in [-0.1, -0.05) is 23.2 Å². The molecule has 32 heavy (non-hydrogen) atoms. The molecule has 0 aliphatic heterocycles. The van der Waals surface area contributed by atoms with Crippen LogP contribution in [-0.4, -0.2) is 52.7 Å². The Morgan fingerprint density at radius 3 is 2.69 bits per heavy atom. The first-order chi connectivity index (χ1) is 15.3. The molecule has 0 unspecified atom stereocenters. The minimum Gasteiger partial charge on any atom is -0.484 e. The molecule has 3 rings (SSSR count). The summed E-state index contributed by atoms with van der Waals surface area (Å²) in [7, 11) is 0. The Bertz CT molecular complexity index is 1130. The van der Waals surface area contributed by atoms with Crippen LogP contribution < -0.4 is 15.4 Å². The highest BCUT2D eigenvalue weighted by atomic mass is 35.5. The van der Waals surface area contributed by atoms with Gasteiger partial charge in [-0.3, -0.25) is 14.6 Å². The van der Waals surface area contributed by atoms with E-state index in [-0.39, 0.29) is 31.8 Å². The third-order valence-corrected chi connectivity index (χ3v) is 5.03. The fraction of sp³-hybridized carbons (Fsp3) is 0.238. The number of aliphatic hydroxyl groups excluding tert-OH is 1. The number of ether oxygens (including phenoxy) is 1. The molecular weight excluding hydrogens is 462 g/mol. The third kappa shape index (κ3) is 6.74. The number of halogens is 3. The van der Waals surface area contributed by atoms with Gasteiger partial charge >= 0.3 is 0 Å². The average Bonchev–Trinajstić information content (AvgIpc) is 2.78. The topological polar surface area (TPSA) is 113 Å². The molecule has 0 radical (unpaired) electrons. The Labute approximate surface area is 192 Å². The lowest BCUT2D eigenvalue weighted by molar-refractivity contribution is -0.123. The van der Waals surface area contributed by atoms with Gasteiger partial charge in [0.1, 0.15) is 17.3 Å². The summed E-state index contributed by atoms with van der Waals surface area (Å²) in [6.45, 7) is -0.120. The summed E-state index contributed by atoms with van der Waals surface area (Å²) in [6.07, 6.45) is 0.572. The number of nitrogens with zero attached hydrogens (tertiary/aromatic N) is 2. The van der Waals surface area contributed by atoms with Crippen LogP contribution in [0.5, 0.6) is 5.75 Å². The molecule has 0 saturated carbocycles. The number of fused-ring (bicyclic) bond motifs is 1. The molecule has 2 aromatic carbocycles. The molecule has 0 bridgehead atoms. The molecule has 0 aliphatic rings. The quantitative estimate of drug-likeness (QED) is 0.433. The lowest BCUT2D eigenvalue weighted by Gasteiger charge is -2.13. The fourth-order valence-electron chi connectivity index (χ4n) is 2.64. The number of carbonyl (C=O) groups excluding carboxylic acids is 2. The van der Waals surface area contributed by atoms with Crippen LogP contribution in [0.25, 0.3) is 11.0 Å². The number of hydrogen-bond acceptors (Lipinski definition) is 6. The van der Waals surface area contributed by atoms with Crippen molar-refractivity contribution < 1.29 is 23.8 Å². The SMILES string of the molecule is O=C(COc1ccc(Cl)c(Cl)c1)NC[C@@H](O)CCNC(=O)c1cnc2cc(F)ccc2n1. The van der Waals surface area contributed by atoms with Crippen LogP contribution in [-0.2, 0) is 4.79 Å². The molecule has 1 atom stereocenters. The Morgan fingerprint density at radius 1 is 1.09 bits per heavy atom. The summed E-state index contributed by atoms with van der Waals surface area (Å²) < 4.78 is 18.5. The summed E-state index contributed by atoms with van der Waals surface area (Å²) in [6, 6.07) is 8.53. The Hall–Kier alpha value is -3.01. The van der Waals surface area contributed by atoms with Crippen LogP contribution in [0.1, 0.15) is 16.9 Å². The lowest BCUT2D eigenvalue weighted by atomic mass is 10.2. The second-order valence-corrected chi connectivity index (χ2v) is 7.57. The summed E-state index contributed by atoms with van der Waals surface area (Å²) in [5.74, 6) is -0.956. The number of amides is 2. The smallest absolute Gasteiger partial charge is 0.271 e. The van der Waals surface area contributed by atoms with E-state index in [1.54, 1.807) is 12.1 Å². The molecule has 168 valence electrons. The molecule has 3 N–H and O–H groups in total. The number of carbonyl (C=O) groups is 2. The van der Waals surface area contributed by atoms with Crippen molar-refractivity contribution in [2.45, 2.75) is 12.5 Å². The van der Waals surface area contributed by atoms with Crippen molar-refractivity contribution in [1.82, 2.24) is 20.6 Å². The van der Waals surface area contributed by atoms with E-state index in [0.29, 0.717) is 26.8 Å². The van der Waals surface area contributed by atoms with Gasteiger partial charge in [0.15, 0.2) is 6.61 Å². The molecular formula is C21H19Cl2FN4O4. The average molecular weight is 481 g/mol. The van der Waals surface area contributed by atoms with E-state index in [4.69, 9.17) is 27.9 Å². The Morgan fingerprint density at radius 2 is 1.91 bits per heavy atom. The van der Waals surface area contributed by atoms with Crippen LogP contribution in [0.15, 0.2) is 42.6 Å². The first-order valence-corrected chi connectivity index (χ1v) is 10.3. The predicted octanol–water partition coefficient (Wildman–Crippen LogP) is 2.75. The fourth-order valence-corrected chi connectivity index (χ4v) is 2.92. The van der Waals surface area contributed by atoms with Crippen molar-refractivity contribution in [3.63, 3.8) is 0 Å². The zero-order valence-electron chi connectivity index (χ0n) is 16.6. The summed E-state index contributed by atoms with van der Waals surface area (Å²) in [5, 5.41) is 15.8. The monoisotopic (exact) mass is 480 g/mol. The molecule has 3 aromatic rings. The van der Waals surface area contributed by atoms with Gasteiger partial charge in [0, 0.05) is 25.2 Å². The molecule has 0 spiro atoms. The van der Waals surface area contributed by atoms with Crippen LogP contribution in [0.4, 0.5) is 4.39 Å². The highest BCUT2D eigenvalue weighted by Crippen LogP contribution is 2.26. The van der Waals surface area contributed by atoms with Crippen molar-refractivity contribution >= 4 is 46.0 Å². The number of rotatable bonds is 9. The minimum absolute atomic E-state index is 0.0131. The molecule has 0 aliphatic carbocycles. The van der Waals surface area contributed by atoms with Crippen LogP contribution in [0.3, 0.4) is 0 Å². The maximum Gasteiger partial charge on any atom is 0.271 e. The standard InChI is InChI=1S/C21H19Cl2FN4O4/c22-15-3-2-14(8-16(15)23)32-11-20(30)27-9-13(29)5-6-25-21(31)19-10-26-18-7-12(24)1-4-17(18)28-19/h1-4,7-8,10,13,29H,5-6,9,11H2,(H,25,31)(H,27,30)/t13-/m0/s1. The molecule has 8 nitrogen and oxygen atoms in total. The molecule has 0 saturated heterocycles. The van der Waals surface area contributed by atoms with Crippen molar-refractivity contribution in [2.75, 3.05) is 19.7 Å². The number of aromatic nitrogens is 2. The molecule has 11 heteroatoms. The zero-order chi connectivity index (χ0) is 23.1. The zero-order valence-corrected chi connectivity index (χ0v) is 18.2. The normalized spacial score (nSPS) is 11.8. The largest absolute Gasteiger partial charge is 0.484 e. The maximum atomic E-state index is 13.2. The first-order valence-electron chi connectivity index (χ1n) is 9.55. The second-order valence-electron chi connectivity index (χ2n) is 6.76. The van der Waals surface area contributed by atoms with E-state index < -0.39 is 23.7 Å². The number of aliphatic hydroxyl groups is 1. The van der Waals surface area contributed by atoms with E-state index >= 15 is 0 Å². The van der Waals surface area contributed by atoms with E-state index in [1.165, 1.54) is 30.5 Å². The third-order valence-electron chi connectivity index (χ3n) is 4.30. The van der Waals surface area contributed by atoms with Gasteiger partial charge in [0.2, 0.25) is 0 Å².